The van der Waals surface area contributed by atoms with Gasteiger partial charge in [-0.05, 0) is 35.7 Å². The van der Waals surface area contributed by atoms with E-state index in [0.29, 0.717) is 13.1 Å². The van der Waals surface area contributed by atoms with Crippen molar-refractivity contribution >= 4 is 17.0 Å². The van der Waals surface area contributed by atoms with Gasteiger partial charge >= 0.3 is 0 Å². The maximum atomic E-state index is 14.3. The topological polar surface area (TPSA) is 28.3 Å². The van der Waals surface area contributed by atoms with Gasteiger partial charge in [-0.15, -0.1) is 0 Å². The van der Waals surface area contributed by atoms with Crippen LogP contribution in [0.25, 0.3) is 17.0 Å². The van der Waals surface area contributed by atoms with Crippen LogP contribution >= 0.6 is 0 Å². The molecule has 0 bridgehead atoms. The molecule has 0 amide bonds. The molecule has 152 valence electrons. The number of benzene rings is 2. The lowest BCUT2D eigenvalue weighted by molar-refractivity contribution is -0.0815. The largest absolute Gasteiger partial charge is 0.496 e. The Kier molecular flexibility index (Phi) is 5.17. The van der Waals surface area contributed by atoms with Gasteiger partial charge in [0.2, 0.25) is 0 Å². The Hall–Kier alpha value is -2.66. The molecule has 0 aliphatic carbocycles. The molecule has 1 atom stereocenters. The van der Waals surface area contributed by atoms with Gasteiger partial charge in [-0.3, -0.25) is 4.90 Å². The van der Waals surface area contributed by atoms with Gasteiger partial charge in [-0.1, -0.05) is 36.9 Å². The Labute approximate surface area is 170 Å². The first kappa shape index (κ1) is 19.6. The van der Waals surface area contributed by atoms with Crippen molar-refractivity contribution in [1.29, 1.82) is 0 Å². The summed E-state index contributed by atoms with van der Waals surface area (Å²) < 4.78 is 34.3. The first-order valence-corrected chi connectivity index (χ1v) is 9.89. The Morgan fingerprint density at radius 2 is 2.03 bits per heavy atom. The highest BCUT2D eigenvalue weighted by Crippen LogP contribution is 2.42. The number of hydrogen-bond donors (Lipinski definition) is 1. The zero-order chi connectivity index (χ0) is 20.6. The van der Waals surface area contributed by atoms with E-state index in [1.165, 1.54) is 0 Å². The Bertz CT molecular complexity index is 1020. The van der Waals surface area contributed by atoms with Crippen molar-refractivity contribution in [2.75, 3.05) is 13.7 Å². The third kappa shape index (κ3) is 3.79. The van der Waals surface area contributed by atoms with Crippen molar-refractivity contribution in [2.24, 2.45) is 0 Å². The first-order chi connectivity index (χ1) is 13.9. The van der Waals surface area contributed by atoms with Crippen LogP contribution in [0.2, 0.25) is 0 Å². The lowest BCUT2D eigenvalue weighted by Crippen LogP contribution is -2.41. The highest BCUT2D eigenvalue weighted by atomic mass is 19.3. The number of methoxy groups -OCH3 is 1. The molecule has 1 aliphatic heterocycles. The SMILES string of the molecule is C=Cc1ccc(C2CC(F)(F)CCN2Cc2c(OC)cc(C)c3[nH]ccc23)cc1. The van der Waals surface area contributed by atoms with Crippen molar-refractivity contribution in [2.45, 2.75) is 38.3 Å². The van der Waals surface area contributed by atoms with Crippen LogP contribution in [0, 0.1) is 6.92 Å². The van der Waals surface area contributed by atoms with Crippen LogP contribution in [-0.2, 0) is 6.54 Å². The number of likely N-dealkylation sites (tertiary alicyclic amines) is 1. The van der Waals surface area contributed by atoms with Crippen molar-refractivity contribution in [3.8, 4) is 5.75 Å². The number of hydrogen-bond acceptors (Lipinski definition) is 2. The molecule has 0 spiro atoms. The zero-order valence-electron chi connectivity index (χ0n) is 16.8. The molecule has 29 heavy (non-hydrogen) atoms. The smallest absolute Gasteiger partial charge is 0.251 e. The molecule has 1 aromatic heterocycles. The molecular weight excluding hydrogens is 370 g/mol. The third-order valence-corrected chi connectivity index (χ3v) is 5.95. The molecule has 3 nitrogen and oxygen atoms in total. The minimum atomic E-state index is -2.65. The Morgan fingerprint density at radius 1 is 1.28 bits per heavy atom. The van der Waals surface area contributed by atoms with Gasteiger partial charge < -0.3 is 9.72 Å². The van der Waals surface area contributed by atoms with E-state index in [0.717, 1.165) is 38.9 Å². The van der Waals surface area contributed by atoms with Gasteiger partial charge in [0.1, 0.15) is 5.75 Å². The standard InChI is InChI=1S/C24H26F2N2O/c1-4-17-5-7-18(8-6-17)21-14-24(25,26)10-12-28(21)15-20-19-9-11-27-23(19)16(2)13-22(20)29-3/h4-9,11,13,21,27H,1,10,12,14-15H2,2-3H3. The third-order valence-electron chi connectivity index (χ3n) is 5.95. The average molecular weight is 396 g/mol. The second-order valence-corrected chi connectivity index (χ2v) is 7.81. The van der Waals surface area contributed by atoms with Crippen molar-refractivity contribution in [3.05, 3.63) is 71.4 Å². The fraction of sp³-hybridized carbons (Fsp3) is 0.333. The van der Waals surface area contributed by atoms with E-state index in [4.69, 9.17) is 4.74 Å². The maximum Gasteiger partial charge on any atom is 0.251 e. The van der Waals surface area contributed by atoms with E-state index in [9.17, 15) is 8.78 Å². The summed E-state index contributed by atoms with van der Waals surface area (Å²) in [6.45, 7) is 6.70. The molecule has 2 heterocycles. The summed E-state index contributed by atoms with van der Waals surface area (Å²) in [5.74, 6) is -1.85. The molecule has 0 saturated carbocycles. The minimum absolute atomic E-state index is 0.126. The number of nitrogens with one attached hydrogen (secondary N) is 1. The molecule has 1 saturated heterocycles. The molecule has 1 N–H and O–H groups in total. The van der Waals surface area contributed by atoms with Crippen LogP contribution in [0.3, 0.4) is 0 Å². The molecule has 5 heteroatoms. The van der Waals surface area contributed by atoms with E-state index in [2.05, 4.69) is 16.5 Å². The highest BCUT2D eigenvalue weighted by Gasteiger charge is 2.41. The number of aromatic amines is 1. The van der Waals surface area contributed by atoms with E-state index < -0.39 is 5.92 Å². The Balaban J connectivity index is 1.72. The summed E-state index contributed by atoms with van der Waals surface area (Å²) in [5, 5.41) is 1.08. The number of H-pyrrole nitrogens is 1. The van der Waals surface area contributed by atoms with Crippen LogP contribution in [-0.4, -0.2) is 29.5 Å². The van der Waals surface area contributed by atoms with Gasteiger partial charge in [-0.25, -0.2) is 8.78 Å². The quantitative estimate of drug-likeness (QED) is 0.564. The van der Waals surface area contributed by atoms with E-state index in [-0.39, 0.29) is 18.9 Å². The average Bonchev–Trinajstić information content (AvgIpc) is 3.21. The van der Waals surface area contributed by atoms with E-state index in [1.54, 1.807) is 13.2 Å². The van der Waals surface area contributed by atoms with Crippen LogP contribution in [0.1, 0.15) is 41.1 Å². The number of halogens is 2. The van der Waals surface area contributed by atoms with Crippen LogP contribution < -0.4 is 4.74 Å². The van der Waals surface area contributed by atoms with Crippen LogP contribution in [0.5, 0.6) is 5.75 Å². The molecule has 1 fully saturated rings. The highest BCUT2D eigenvalue weighted by molar-refractivity contribution is 5.88. The molecule has 2 aromatic carbocycles. The molecule has 1 unspecified atom stereocenters. The van der Waals surface area contributed by atoms with Crippen molar-refractivity contribution < 1.29 is 13.5 Å². The number of rotatable bonds is 5. The number of nitrogens with zero attached hydrogens (tertiary/aromatic N) is 1. The van der Waals surface area contributed by atoms with Gasteiger partial charge in [0, 0.05) is 54.6 Å². The molecule has 3 aromatic rings. The van der Waals surface area contributed by atoms with E-state index >= 15 is 0 Å². The van der Waals surface area contributed by atoms with Gasteiger partial charge in [0.05, 0.1) is 7.11 Å². The monoisotopic (exact) mass is 396 g/mol. The molecule has 0 radical (unpaired) electrons. The van der Waals surface area contributed by atoms with E-state index in [1.807, 2.05) is 49.5 Å². The van der Waals surface area contributed by atoms with Gasteiger partial charge in [-0.2, -0.15) is 0 Å². The number of aryl methyl sites for hydroxylation is 1. The van der Waals surface area contributed by atoms with Crippen molar-refractivity contribution in [1.82, 2.24) is 9.88 Å². The second-order valence-electron chi connectivity index (χ2n) is 7.81. The Morgan fingerprint density at radius 3 is 2.72 bits per heavy atom. The predicted octanol–water partition coefficient (Wildman–Crippen LogP) is 6.10. The summed E-state index contributed by atoms with van der Waals surface area (Å²) >= 11 is 0. The number of piperidine rings is 1. The lowest BCUT2D eigenvalue weighted by Gasteiger charge is -2.40. The summed E-state index contributed by atoms with van der Waals surface area (Å²) in [6.07, 6.45) is 3.37. The predicted molar refractivity (Wildman–Crippen MR) is 113 cm³/mol. The molecule has 1 aliphatic rings. The fourth-order valence-electron chi connectivity index (χ4n) is 4.33. The molecular formula is C24H26F2N2O. The number of aromatic nitrogens is 1. The second kappa shape index (κ2) is 7.64. The molecule has 4 rings (SSSR count). The zero-order valence-corrected chi connectivity index (χ0v) is 16.8. The lowest BCUT2D eigenvalue weighted by atomic mass is 9.91. The minimum Gasteiger partial charge on any atom is -0.496 e. The fourth-order valence-corrected chi connectivity index (χ4v) is 4.33. The van der Waals surface area contributed by atoms with Crippen LogP contribution in [0.4, 0.5) is 8.78 Å². The summed E-state index contributed by atoms with van der Waals surface area (Å²) in [6, 6.07) is 11.4. The van der Waals surface area contributed by atoms with Gasteiger partial charge in [0.15, 0.2) is 0 Å². The number of fused-ring (bicyclic) bond motifs is 1. The summed E-state index contributed by atoms with van der Waals surface area (Å²) in [4.78, 5) is 5.43. The number of alkyl halides is 2. The maximum absolute atomic E-state index is 14.3. The normalized spacial score (nSPS) is 19.4. The summed E-state index contributed by atoms with van der Waals surface area (Å²) in [7, 11) is 1.66. The number of ether oxygens (including phenoxy) is 1. The van der Waals surface area contributed by atoms with Gasteiger partial charge in [0.25, 0.3) is 5.92 Å². The first-order valence-electron chi connectivity index (χ1n) is 9.89. The van der Waals surface area contributed by atoms with Crippen molar-refractivity contribution in [3.63, 3.8) is 0 Å². The summed E-state index contributed by atoms with van der Waals surface area (Å²) in [5.41, 5.74) is 5.10. The van der Waals surface area contributed by atoms with Crippen LogP contribution in [0.15, 0.2) is 49.2 Å².